The number of thiophene rings is 1. The van der Waals surface area contributed by atoms with E-state index in [0.29, 0.717) is 23.5 Å². The first kappa shape index (κ1) is 13.2. The third kappa shape index (κ3) is 3.25. The van der Waals surface area contributed by atoms with Gasteiger partial charge in [-0.3, -0.25) is 0 Å². The summed E-state index contributed by atoms with van der Waals surface area (Å²) in [6, 6.07) is 4.55. The minimum Gasteiger partial charge on any atom is -0.357 e. The van der Waals surface area contributed by atoms with E-state index in [0.717, 1.165) is 14.3 Å². The van der Waals surface area contributed by atoms with E-state index in [1.165, 1.54) is 12.8 Å². The molecule has 1 N–H and O–H groups in total. The molecular weight excluding hydrogens is 326 g/mol. The molecule has 3 aromatic heterocycles. The Balaban J connectivity index is 1.36. The standard InChI is InChI=1S/C12H11N5OS3/c1-2-8(19-5-1)10-14-9(18-17-10)6-20-12-16-15-11(21-12)13-7-3-4-7/h1-2,5,7H,3-4,6H2,(H,13,15). The zero-order valence-electron chi connectivity index (χ0n) is 10.9. The molecule has 0 amide bonds. The number of hydrogen-bond acceptors (Lipinski definition) is 9. The third-order valence-corrected chi connectivity index (χ3v) is 5.68. The van der Waals surface area contributed by atoms with Gasteiger partial charge in [0.2, 0.25) is 16.8 Å². The van der Waals surface area contributed by atoms with E-state index in [4.69, 9.17) is 4.52 Å². The number of hydrogen-bond donors (Lipinski definition) is 1. The molecule has 4 rings (SSSR count). The van der Waals surface area contributed by atoms with E-state index in [9.17, 15) is 0 Å². The molecule has 1 aliphatic carbocycles. The van der Waals surface area contributed by atoms with Crippen LogP contribution in [0.25, 0.3) is 10.7 Å². The smallest absolute Gasteiger partial charge is 0.237 e. The van der Waals surface area contributed by atoms with Crippen molar-refractivity contribution >= 4 is 39.6 Å². The van der Waals surface area contributed by atoms with Gasteiger partial charge in [-0.15, -0.1) is 21.5 Å². The second kappa shape index (κ2) is 5.74. The summed E-state index contributed by atoms with van der Waals surface area (Å²) < 4.78 is 6.17. The van der Waals surface area contributed by atoms with Crippen molar-refractivity contribution in [1.29, 1.82) is 0 Å². The lowest BCUT2D eigenvalue weighted by atomic mass is 10.4. The van der Waals surface area contributed by atoms with Crippen LogP contribution < -0.4 is 5.32 Å². The monoisotopic (exact) mass is 337 g/mol. The minimum atomic E-state index is 0.597. The van der Waals surface area contributed by atoms with E-state index in [1.807, 2.05) is 17.5 Å². The second-order valence-electron chi connectivity index (χ2n) is 4.57. The number of thioether (sulfide) groups is 1. The van der Waals surface area contributed by atoms with Crippen LogP contribution in [0.15, 0.2) is 26.4 Å². The molecule has 3 heterocycles. The molecule has 21 heavy (non-hydrogen) atoms. The molecular formula is C12H11N5OS3. The van der Waals surface area contributed by atoms with Crippen molar-refractivity contribution in [2.45, 2.75) is 29.0 Å². The van der Waals surface area contributed by atoms with Crippen LogP contribution in [-0.2, 0) is 5.75 Å². The maximum Gasteiger partial charge on any atom is 0.237 e. The predicted molar refractivity (Wildman–Crippen MR) is 83.7 cm³/mol. The molecule has 0 aromatic carbocycles. The first-order chi connectivity index (χ1) is 10.4. The number of nitrogens with zero attached hydrogens (tertiary/aromatic N) is 4. The van der Waals surface area contributed by atoms with Gasteiger partial charge in [0.1, 0.15) is 0 Å². The predicted octanol–water partition coefficient (Wildman–Crippen LogP) is 3.52. The summed E-state index contributed by atoms with van der Waals surface area (Å²) in [5.41, 5.74) is 0. The second-order valence-corrected chi connectivity index (χ2v) is 7.72. The van der Waals surface area contributed by atoms with Crippen molar-refractivity contribution in [2.24, 2.45) is 0 Å². The first-order valence-electron chi connectivity index (χ1n) is 6.46. The van der Waals surface area contributed by atoms with Crippen molar-refractivity contribution in [2.75, 3.05) is 5.32 Å². The van der Waals surface area contributed by atoms with Gasteiger partial charge < -0.3 is 9.84 Å². The van der Waals surface area contributed by atoms with Gasteiger partial charge in [-0.2, -0.15) is 4.98 Å². The van der Waals surface area contributed by atoms with Crippen LogP contribution in [0.5, 0.6) is 0 Å². The van der Waals surface area contributed by atoms with E-state index in [1.54, 1.807) is 34.4 Å². The summed E-state index contributed by atoms with van der Waals surface area (Å²) in [7, 11) is 0. The fourth-order valence-corrected chi connectivity index (χ4v) is 3.99. The van der Waals surface area contributed by atoms with Crippen molar-refractivity contribution in [3.63, 3.8) is 0 Å². The molecule has 0 saturated heterocycles. The fraction of sp³-hybridized carbons (Fsp3) is 0.333. The zero-order valence-corrected chi connectivity index (χ0v) is 13.3. The van der Waals surface area contributed by atoms with E-state index in [2.05, 4.69) is 25.7 Å². The minimum absolute atomic E-state index is 0.597. The largest absolute Gasteiger partial charge is 0.357 e. The SMILES string of the molecule is c1csc(-c2noc(CSc3nnc(NC4CC4)s3)n2)c1. The Labute approximate surface area is 133 Å². The maximum absolute atomic E-state index is 5.26. The van der Waals surface area contributed by atoms with Crippen LogP contribution >= 0.6 is 34.4 Å². The Morgan fingerprint density at radius 3 is 3.14 bits per heavy atom. The lowest BCUT2D eigenvalue weighted by molar-refractivity contribution is 0.392. The summed E-state index contributed by atoms with van der Waals surface area (Å²) >= 11 is 4.73. The van der Waals surface area contributed by atoms with Gasteiger partial charge in [0.05, 0.1) is 10.6 Å². The summed E-state index contributed by atoms with van der Waals surface area (Å²) in [6.07, 6.45) is 2.46. The van der Waals surface area contributed by atoms with Gasteiger partial charge >= 0.3 is 0 Å². The molecule has 0 bridgehead atoms. The molecule has 0 unspecified atom stereocenters. The Hall–Kier alpha value is -1.45. The molecule has 1 fully saturated rings. The number of aromatic nitrogens is 4. The van der Waals surface area contributed by atoms with Crippen molar-refractivity contribution in [3.05, 3.63) is 23.4 Å². The molecule has 1 aliphatic rings. The highest BCUT2D eigenvalue weighted by molar-refractivity contribution is 8.00. The summed E-state index contributed by atoms with van der Waals surface area (Å²) in [6.45, 7) is 0. The lowest BCUT2D eigenvalue weighted by Gasteiger charge is -1.94. The molecule has 0 aliphatic heterocycles. The first-order valence-corrected chi connectivity index (χ1v) is 9.14. The average Bonchev–Trinajstić information content (AvgIpc) is 2.94. The quantitative estimate of drug-likeness (QED) is 0.690. The third-order valence-electron chi connectivity index (χ3n) is 2.84. The number of rotatable bonds is 6. The molecule has 1 saturated carbocycles. The number of anilines is 1. The van der Waals surface area contributed by atoms with Gasteiger partial charge in [0.15, 0.2) is 4.34 Å². The van der Waals surface area contributed by atoms with Crippen LogP contribution in [0.1, 0.15) is 18.7 Å². The Morgan fingerprint density at radius 1 is 1.38 bits per heavy atom. The van der Waals surface area contributed by atoms with Crippen molar-refractivity contribution < 1.29 is 4.52 Å². The number of nitrogens with one attached hydrogen (secondary N) is 1. The van der Waals surface area contributed by atoms with Crippen molar-refractivity contribution in [3.8, 4) is 10.7 Å². The molecule has 108 valence electrons. The normalized spacial score (nSPS) is 14.5. The highest BCUT2D eigenvalue weighted by Crippen LogP contribution is 2.31. The topological polar surface area (TPSA) is 76.7 Å². The van der Waals surface area contributed by atoms with Crippen LogP contribution in [-0.4, -0.2) is 26.4 Å². The maximum atomic E-state index is 5.26. The lowest BCUT2D eigenvalue weighted by Crippen LogP contribution is -1.99. The van der Waals surface area contributed by atoms with Crippen molar-refractivity contribution in [1.82, 2.24) is 20.3 Å². The summed E-state index contributed by atoms with van der Waals surface area (Å²) in [5, 5.41) is 18.5. The zero-order chi connectivity index (χ0) is 14.1. The van der Waals surface area contributed by atoms with Gasteiger partial charge in [0, 0.05) is 6.04 Å². The van der Waals surface area contributed by atoms with E-state index >= 15 is 0 Å². The molecule has 9 heteroatoms. The van der Waals surface area contributed by atoms with Crippen LogP contribution in [0.2, 0.25) is 0 Å². The van der Waals surface area contributed by atoms with Crippen LogP contribution in [0, 0.1) is 0 Å². The highest BCUT2D eigenvalue weighted by Gasteiger charge is 2.22. The average molecular weight is 337 g/mol. The Morgan fingerprint density at radius 2 is 2.33 bits per heavy atom. The van der Waals surface area contributed by atoms with Gasteiger partial charge in [0.25, 0.3) is 0 Å². The fourth-order valence-electron chi connectivity index (χ4n) is 1.67. The Bertz CT molecular complexity index is 719. The van der Waals surface area contributed by atoms with Gasteiger partial charge in [-0.25, -0.2) is 0 Å². The van der Waals surface area contributed by atoms with E-state index < -0.39 is 0 Å². The van der Waals surface area contributed by atoms with Gasteiger partial charge in [-0.05, 0) is 24.3 Å². The van der Waals surface area contributed by atoms with E-state index in [-0.39, 0.29) is 0 Å². The molecule has 3 aromatic rings. The van der Waals surface area contributed by atoms with Crippen LogP contribution in [0.4, 0.5) is 5.13 Å². The summed E-state index contributed by atoms with van der Waals surface area (Å²) in [4.78, 5) is 5.40. The Kier molecular flexibility index (Phi) is 3.62. The van der Waals surface area contributed by atoms with Crippen LogP contribution in [0.3, 0.4) is 0 Å². The molecule has 0 atom stereocenters. The highest BCUT2D eigenvalue weighted by atomic mass is 32.2. The molecule has 0 radical (unpaired) electrons. The van der Waals surface area contributed by atoms with Gasteiger partial charge in [-0.1, -0.05) is 34.3 Å². The molecule has 0 spiro atoms. The summed E-state index contributed by atoms with van der Waals surface area (Å²) in [5.74, 6) is 1.86. The molecule has 6 nitrogen and oxygen atoms in total.